The predicted molar refractivity (Wildman–Crippen MR) is 131 cm³/mol. The van der Waals surface area contributed by atoms with Gasteiger partial charge in [-0.1, -0.05) is 25.1 Å². The van der Waals surface area contributed by atoms with Crippen molar-refractivity contribution in [2.45, 2.75) is 37.8 Å². The van der Waals surface area contributed by atoms with E-state index in [-0.39, 0.29) is 17.3 Å². The minimum atomic E-state index is -3.96. The van der Waals surface area contributed by atoms with Gasteiger partial charge in [0.1, 0.15) is 17.6 Å². The number of para-hydroxylation sites is 1. The largest absolute Gasteiger partial charge is 0.497 e. The van der Waals surface area contributed by atoms with Gasteiger partial charge in [0.2, 0.25) is 21.8 Å². The van der Waals surface area contributed by atoms with Gasteiger partial charge in [-0.3, -0.25) is 14.5 Å². The van der Waals surface area contributed by atoms with Crippen LogP contribution in [-0.4, -0.2) is 39.9 Å². The van der Waals surface area contributed by atoms with E-state index in [1.54, 1.807) is 31.2 Å². The molecule has 10 heteroatoms. The molecular weight excluding hydrogens is 470 g/mol. The average Bonchev–Trinajstić information content (AvgIpc) is 3.39. The zero-order valence-electron chi connectivity index (χ0n) is 19.9. The van der Waals surface area contributed by atoms with Crippen molar-refractivity contribution < 1.29 is 27.2 Å². The molecule has 3 aromatic rings. The third-order valence-electron chi connectivity index (χ3n) is 5.44. The molecule has 0 saturated carbocycles. The Kier molecular flexibility index (Phi) is 8.67. The number of rotatable bonds is 11. The first-order valence-electron chi connectivity index (χ1n) is 11.1. The van der Waals surface area contributed by atoms with Gasteiger partial charge in [0.05, 0.1) is 31.4 Å². The Hall–Kier alpha value is -3.63. The molecule has 0 radical (unpaired) electrons. The van der Waals surface area contributed by atoms with Crippen LogP contribution in [0.3, 0.4) is 0 Å². The lowest BCUT2D eigenvalue weighted by molar-refractivity contribution is -0.126. The zero-order chi connectivity index (χ0) is 25.4. The van der Waals surface area contributed by atoms with Crippen LogP contribution in [0, 0.1) is 6.92 Å². The smallest absolute Gasteiger partial charge is 0.243 e. The summed E-state index contributed by atoms with van der Waals surface area (Å²) in [5, 5.41) is 2.79. The van der Waals surface area contributed by atoms with E-state index in [1.165, 1.54) is 42.5 Å². The van der Waals surface area contributed by atoms with Crippen molar-refractivity contribution in [3.8, 4) is 5.75 Å². The number of nitrogens with one attached hydrogen (secondary N) is 2. The number of furan rings is 1. The molecule has 9 nitrogen and oxygen atoms in total. The van der Waals surface area contributed by atoms with Crippen LogP contribution < -0.4 is 19.7 Å². The highest BCUT2D eigenvalue weighted by Crippen LogP contribution is 2.24. The fourth-order valence-electron chi connectivity index (χ4n) is 3.58. The van der Waals surface area contributed by atoms with Gasteiger partial charge in [-0.15, -0.1) is 0 Å². The van der Waals surface area contributed by atoms with E-state index in [4.69, 9.17) is 9.15 Å². The Morgan fingerprint density at radius 2 is 1.77 bits per heavy atom. The van der Waals surface area contributed by atoms with Crippen LogP contribution in [-0.2, 0) is 26.2 Å². The third-order valence-corrected chi connectivity index (χ3v) is 6.86. The van der Waals surface area contributed by atoms with Crippen molar-refractivity contribution in [1.82, 2.24) is 10.0 Å². The molecule has 186 valence electrons. The van der Waals surface area contributed by atoms with Gasteiger partial charge in [-0.25, -0.2) is 13.1 Å². The molecule has 0 bridgehead atoms. The van der Waals surface area contributed by atoms with Crippen molar-refractivity contribution in [1.29, 1.82) is 0 Å². The fraction of sp³-hybridized carbons (Fsp3) is 0.280. The van der Waals surface area contributed by atoms with E-state index < -0.39 is 28.5 Å². The minimum absolute atomic E-state index is 0.00299. The first-order valence-corrected chi connectivity index (χ1v) is 12.6. The van der Waals surface area contributed by atoms with Crippen LogP contribution in [0.4, 0.5) is 5.69 Å². The van der Waals surface area contributed by atoms with Crippen LogP contribution in [0.2, 0.25) is 0 Å². The second kappa shape index (κ2) is 11.7. The summed E-state index contributed by atoms with van der Waals surface area (Å²) in [5.74, 6) is 0.154. The molecule has 0 saturated heterocycles. The molecule has 2 N–H and O–H groups in total. The van der Waals surface area contributed by atoms with Crippen molar-refractivity contribution in [2.75, 3.05) is 18.6 Å². The first kappa shape index (κ1) is 26.0. The molecule has 0 aliphatic rings. The Labute approximate surface area is 205 Å². The second-order valence-corrected chi connectivity index (χ2v) is 9.54. The molecule has 1 heterocycles. The number of carbonyl (C=O) groups excluding carboxylic acids is 2. The molecule has 35 heavy (non-hydrogen) atoms. The molecule has 2 amide bonds. The molecule has 1 aromatic heterocycles. The van der Waals surface area contributed by atoms with E-state index in [1.807, 2.05) is 19.1 Å². The van der Waals surface area contributed by atoms with Crippen LogP contribution >= 0.6 is 0 Å². The molecule has 0 unspecified atom stereocenters. The number of amides is 2. The quantitative estimate of drug-likeness (QED) is 0.419. The fourth-order valence-corrected chi connectivity index (χ4v) is 4.55. The van der Waals surface area contributed by atoms with Crippen LogP contribution in [0.1, 0.15) is 24.7 Å². The van der Waals surface area contributed by atoms with Gasteiger partial charge in [-0.05, 0) is 61.4 Å². The van der Waals surface area contributed by atoms with E-state index >= 15 is 0 Å². The van der Waals surface area contributed by atoms with E-state index in [9.17, 15) is 18.0 Å². The van der Waals surface area contributed by atoms with Gasteiger partial charge in [0, 0.05) is 5.69 Å². The molecule has 0 fully saturated rings. The maximum absolute atomic E-state index is 13.4. The number of hydrogen-bond donors (Lipinski definition) is 2. The van der Waals surface area contributed by atoms with E-state index in [2.05, 4.69) is 10.0 Å². The van der Waals surface area contributed by atoms with Crippen LogP contribution in [0.5, 0.6) is 5.75 Å². The third kappa shape index (κ3) is 6.49. The molecule has 2 aromatic carbocycles. The Morgan fingerprint density at radius 3 is 2.37 bits per heavy atom. The van der Waals surface area contributed by atoms with Crippen molar-refractivity contribution in [3.63, 3.8) is 0 Å². The number of methoxy groups -OCH3 is 1. The second-order valence-electron chi connectivity index (χ2n) is 7.77. The Balaban J connectivity index is 1.82. The highest BCUT2D eigenvalue weighted by molar-refractivity contribution is 7.89. The lowest BCUT2D eigenvalue weighted by atomic mass is 10.1. The number of aryl methyl sites for hydroxylation is 1. The predicted octanol–water partition coefficient (Wildman–Crippen LogP) is 3.00. The summed E-state index contributed by atoms with van der Waals surface area (Å²) in [4.78, 5) is 27.8. The number of carbonyl (C=O) groups is 2. The van der Waals surface area contributed by atoms with Crippen molar-refractivity contribution in [3.05, 3.63) is 78.3 Å². The maximum atomic E-state index is 13.4. The van der Waals surface area contributed by atoms with Crippen molar-refractivity contribution in [2.24, 2.45) is 0 Å². The number of ether oxygens (including phenoxy) is 1. The standard InChI is InChI=1S/C25H29N3O6S/c1-4-22(25(30)26-16-20-9-7-15-34-20)28(23-10-6-5-8-18(23)2)24(29)17-27-35(31,32)21-13-11-19(33-3)12-14-21/h5-15,22,27H,4,16-17H2,1-3H3,(H,26,30)/t22-/m1/s1. The highest BCUT2D eigenvalue weighted by atomic mass is 32.2. The molecule has 1 atom stereocenters. The molecular formula is C25H29N3O6S. The summed E-state index contributed by atoms with van der Waals surface area (Å²) < 4.78 is 38.2. The summed E-state index contributed by atoms with van der Waals surface area (Å²) >= 11 is 0. The normalized spacial score (nSPS) is 12.1. The van der Waals surface area contributed by atoms with E-state index in [0.717, 1.165) is 5.56 Å². The van der Waals surface area contributed by atoms with Gasteiger partial charge in [0.25, 0.3) is 0 Å². The molecule has 0 aliphatic carbocycles. The van der Waals surface area contributed by atoms with Gasteiger partial charge < -0.3 is 14.5 Å². The van der Waals surface area contributed by atoms with Crippen LogP contribution in [0.15, 0.2) is 76.2 Å². The highest BCUT2D eigenvalue weighted by Gasteiger charge is 2.31. The summed E-state index contributed by atoms with van der Waals surface area (Å²) in [7, 11) is -2.48. The molecule has 3 rings (SSSR count). The lowest BCUT2D eigenvalue weighted by Gasteiger charge is -2.31. The average molecular weight is 500 g/mol. The Bertz CT molecular complexity index is 1240. The van der Waals surface area contributed by atoms with Crippen LogP contribution in [0.25, 0.3) is 0 Å². The van der Waals surface area contributed by atoms with Gasteiger partial charge >= 0.3 is 0 Å². The number of sulfonamides is 1. The summed E-state index contributed by atoms with van der Waals surface area (Å²) in [6.07, 6.45) is 1.83. The topological polar surface area (TPSA) is 118 Å². The number of anilines is 1. The number of nitrogens with zero attached hydrogens (tertiary/aromatic N) is 1. The maximum Gasteiger partial charge on any atom is 0.243 e. The summed E-state index contributed by atoms with van der Waals surface area (Å²) in [5.41, 5.74) is 1.30. The van der Waals surface area contributed by atoms with Gasteiger partial charge in [-0.2, -0.15) is 0 Å². The zero-order valence-corrected chi connectivity index (χ0v) is 20.7. The first-order chi connectivity index (χ1) is 16.8. The monoisotopic (exact) mass is 499 g/mol. The molecule has 0 spiro atoms. The summed E-state index contributed by atoms with van der Waals surface area (Å²) in [6.45, 7) is 3.26. The minimum Gasteiger partial charge on any atom is -0.497 e. The molecule has 0 aliphatic heterocycles. The summed E-state index contributed by atoms with van der Waals surface area (Å²) in [6, 6.07) is 15.6. The Morgan fingerprint density at radius 1 is 1.06 bits per heavy atom. The lowest BCUT2D eigenvalue weighted by Crippen LogP contribution is -2.52. The number of hydrogen-bond acceptors (Lipinski definition) is 6. The number of benzene rings is 2. The van der Waals surface area contributed by atoms with Gasteiger partial charge in [0.15, 0.2) is 0 Å². The SMILES string of the molecule is CC[C@H](C(=O)NCc1ccco1)N(C(=O)CNS(=O)(=O)c1ccc(OC)cc1)c1ccccc1C. The van der Waals surface area contributed by atoms with Crippen molar-refractivity contribution >= 4 is 27.5 Å². The van der Waals surface area contributed by atoms with E-state index in [0.29, 0.717) is 23.6 Å².